The summed E-state index contributed by atoms with van der Waals surface area (Å²) in [6.07, 6.45) is 1.95. The standard InChI is InChI=1S/C14H15NO5/c16-13(17)6-3-10-1-4-11(5-2-10)15-14(18)12-9-19-7-8-20-12/h1-6,12H,7-9H2,(H,15,18)(H,16,17)/b6-3+. The summed E-state index contributed by atoms with van der Waals surface area (Å²) in [5.74, 6) is -1.25. The Balaban J connectivity index is 1.92. The molecule has 1 aromatic carbocycles. The zero-order valence-electron chi connectivity index (χ0n) is 10.7. The molecule has 1 amide bonds. The van der Waals surface area contributed by atoms with E-state index in [2.05, 4.69) is 5.32 Å². The lowest BCUT2D eigenvalue weighted by molar-refractivity contribution is -0.142. The SMILES string of the molecule is O=C(O)/C=C/c1ccc(NC(=O)C2COCCO2)cc1. The lowest BCUT2D eigenvalue weighted by Gasteiger charge is -2.22. The highest BCUT2D eigenvalue weighted by Crippen LogP contribution is 2.12. The maximum absolute atomic E-state index is 11.9. The van der Waals surface area contributed by atoms with Gasteiger partial charge in [0.1, 0.15) is 0 Å². The van der Waals surface area contributed by atoms with E-state index in [1.807, 2.05) is 0 Å². The van der Waals surface area contributed by atoms with Gasteiger partial charge >= 0.3 is 5.97 Å². The molecule has 1 unspecified atom stereocenters. The van der Waals surface area contributed by atoms with Crippen LogP contribution in [0.5, 0.6) is 0 Å². The largest absolute Gasteiger partial charge is 0.478 e. The molecule has 0 spiro atoms. The Morgan fingerprint density at radius 2 is 2.00 bits per heavy atom. The minimum Gasteiger partial charge on any atom is -0.478 e. The summed E-state index contributed by atoms with van der Waals surface area (Å²) >= 11 is 0. The van der Waals surface area contributed by atoms with Gasteiger partial charge in [0.25, 0.3) is 5.91 Å². The highest BCUT2D eigenvalue weighted by molar-refractivity contribution is 5.94. The topological polar surface area (TPSA) is 84.9 Å². The van der Waals surface area contributed by atoms with Crippen LogP contribution in [0.25, 0.3) is 6.08 Å². The third-order valence-corrected chi connectivity index (χ3v) is 2.70. The Morgan fingerprint density at radius 3 is 2.60 bits per heavy atom. The first-order valence-electron chi connectivity index (χ1n) is 6.16. The average Bonchev–Trinajstić information content (AvgIpc) is 2.47. The molecular weight excluding hydrogens is 262 g/mol. The van der Waals surface area contributed by atoms with Gasteiger partial charge in [-0.25, -0.2) is 4.79 Å². The molecule has 1 atom stereocenters. The fourth-order valence-corrected chi connectivity index (χ4v) is 1.71. The molecule has 2 rings (SSSR count). The minimum absolute atomic E-state index is 0.251. The van der Waals surface area contributed by atoms with Crippen LogP contribution in [0.1, 0.15) is 5.56 Å². The van der Waals surface area contributed by atoms with Crippen LogP contribution in [0, 0.1) is 0 Å². The van der Waals surface area contributed by atoms with Gasteiger partial charge in [-0.2, -0.15) is 0 Å². The van der Waals surface area contributed by atoms with Crippen molar-refractivity contribution in [2.75, 3.05) is 25.1 Å². The number of rotatable bonds is 4. The zero-order chi connectivity index (χ0) is 14.4. The van der Waals surface area contributed by atoms with Crippen LogP contribution in [0.3, 0.4) is 0 Å². The summed E-state index contributed by atoms with van der Waals surface area (Å²) in [5, 5.41) is 11.2. The van der Waals surface area contributed by atoms with Gasteiger partial charge in [0.05, 0.1) is 19.8 Å². The van der Waals surface area contributed by atoms with E-state index < -0.39 is 12.1 Å². The second-order valence-electron chi connectivity index (χ2n) is 4.22. The van der Waals surface area contributed by atoms with Gasteiger partial charge in [-0.05, 0) is 23.8 Å². The third-order valence-electron chi connectivity index (χ3n) is 2.70. The molecule has 1 heterocycles. The van der Waals surface area contributed by atoms with Crippen LogP contribution in [-0.2, 0) is 19.1 Å². The first kappa shape index (κ1) is 14.2. The van der Waals surface area contributed by atoms with Crippen LogP contribution in [0.2, 0.25) is 0 Å². The number of ether oxygens (including phenoxy) is 2. The molecule has 1 aliphatic rings. The summed E-state index contributed by atoms with van der Waals surface area (Å²) in [4.78, 5) is 22.3. The monoisotopic (exact) mass is 277 g/mol. The molecule has 0 bridgehead atoms. The highest BCUT2D eigenvalue weighted by Gasteiger charge is 2.22. The lowest BCUT2D eigenvalue weighted by Crippen LogP contribution is -2.39. The van der Waals surface area contributed by atoms with Gasteiger partial charge in [-0.3, -0.25) is 4.79 Å². The first-order valence-corrected chi connectivity index (χ1v) is 6.16. The van der Waals surface area contributed by atoms with Gasteiger partial charge in [-0.1, -0.05) is 12.1 Å². The fourth-order valence-electron chi connectivity index (χ4n) is 1.71. The quantitative estimate of drug-likeness (QED) is 0.806. The summed E-state index contributed by atoms with van der Waals surface area (Å²) in [5.41, 5.74) is 1.36. The van der Waals surface area contributed by atoms with Crippen molar-refractivity contribution in [3.05, 3.63) is 35.9 Å². The normalized spacial score (nSPS) is 18.9. The summed E-state index contributed by atoms with van der Waals surface area (Å²) in [6.45, 7) is 1.18. The van der Waals surface area contributed by atoms with Crippen LogP contribution < -0.4 is 5.32 Å². The van der Waals surface area contributed by atoms with Crippen LogP contribution in [0.4, 0.5) is 5.69 Å². The molecule has 1 saturated heterocycles. The molecule has 6 heteroatoms. The van der Waals surface area contributed by atoms with E-state index in [4.69, 9.17) is 14.6 Å². The lowest BCUT2D eigenvalue weighted by atomic mass is 10.2. The maximum atomic E-state index is 11.9. The number of carboxylic acids is 1. The van der Waals surface area contributed by atoms with Crippen LogP contribution in [-0.4, -0.2) is 42.9 Å². The summed E-state index contributed by atoms with van der Waals surface area (Å²) < 4.78 is 10.5. The minimum atomic E-state index is -1.00. The number of benzene rings is 1. The Kier molecular flexibility index (Phi) is 4.86. The second kappa shape index (κ2) is 6.83. The average molecular weight is 277 g/mol. The van der Waals surface area contributed by atoms with Crippen LogP contribution >= 0.6 is 0 Å². The number of nitrogens with one attached hydrogen (secondary N) is 1. The number of carbonyl (C=O) groups is 2. The predicted octanol–water partition coefficient (Wildman–Crippen LogP) is 1.14. The van der Waals surface area contributed by atoms with Crippen molar-refractivity contribution in [2.45, 2.75) is 6.10 Å². The number of anilines is 1. The first-order chi connectivity index (χ1) is 9.65. The molecule has 0 saturated carbocycles. The third kappa shape index (κ3) is 4.18. The Labute approximate surface area is 116 Å². The predicted molar refractivity (Wildman–Crippen MR) is 72.3 cm³/mol. The van der Waals surface area contributed by atoms with Crippen molar-refractivity contribution in [3.63, 3.8) is 0 Å². The van der Waals surface area contributed by atoms with Gasteiger partial charge in [0, 0.05) is 11.8 Å². The molecular formula is C14H15NO5. The van der Waals surface area contributed by atoms with Gasteiger partial charge < -0.3 is 19.9 Å². The van der Waals surface area contributed by atoms with Gasteiger partial charge in [0.15, 0.2) is 6.10 Å². The smallest absolute Gasteiger partial charge is 0.328 e. The number of aliphatic carboxylic acids is 1. The Bertz CT molecular complexity index is 503. The van der Waals surface area contributed by atoms with Crippen molar-refractivity contribution in [1.29, 1.82) is 0 Å². The Morgan fingerprint density at radius 1 is 1.25 bits per heavy atom. The van der Waals surface area contributed by atoms with Crippen molar-refractivity contribution >= 4 is 23.6 Å². The molecule has 0 aromatic heterocycles. The second-order valence-corrected chi connectivity index (χ2v) is 4.22. The summed E-state index contributed by atoms with van der Waals surface area (Å²) in [7, 11) is 0. The molecule has 20 heavy (non-hydrogen) atoms. The zero-order valence-corrected chi connectivity index (χ0v) is 10.7. The molecule has 1 aromatic rings. The number of carboxylic acid groups (broad SMARTS) is 1. The van der Waals surface area contributed by atoms with Gasteiger partial charge in [-0.15, -0.1) is 0 Å². The van der Waals surface area contributed by atoms with Crippen molar-refractivity contribution in [1.82, 2.24) is 0 Å². The van der Waals surface area contributed by atoms with Crippen molar-refractivity contribution in [2.24, 2.45) is 0 Å². The molecule has 1 aliphatic heterocycles. The number of carbonyl (C=O) groups excluding carboxylic acids is 1. The maximum Gasteiger partial charge on any atom is 0.328 e. The van der Waals surface area contributed by atoms with Gasteiger partial charge in [0.2, 0.25) is 0 Å². The summed E-state index contributed by atoms with van der Waals surface area (Å²) in [6, 6.07) is 6.83. The number of hydrogen-bond acceptors (Lipinski definition) is 4. The number of amides is 1. The highest BCUT2D eigenvalue weighted by atomic mass is 16.6. The van der Waals surface area contributed by atoms with E-state index in [0.29, 0.717) is 18.9 Å². The van der Waals surface area contributed by atoms with E-state index in [1.165, 1.54) is 6.08 Å². The van der Waals surface area contributed by atoms with E-state index in [0.717, 1.165) is 11.6 Å². The molecule has 106 valence electrons. The van der Waals surface area contributed by atoms with Crippen LogP contribution in [0.15, 0.2) is 30.3 Å². The van der Waals surface area contributed by atoms with E-state index >= 15 is 0 Å². The fraction of sp³-hybridized carbons (Fsp3) is 0.286. The molecule has 2 N–H and O–H groups in total. The molecule has 0 radical (unpaired) electrons. The van der Waals surface area contributed by atoms with E-state index in [-0.39, 0.29) is 12.5 Å². The van der Waals surface area contributed by atoms with Crippen molar-refractivity contribution < 1.29 is 24.2 Å². The molecule has 6 nitrogen and oxygen atoms in total. The van der Waals surface area contributed by atoms with E-state index in [9.17, 15) is 9.59 Å². The Hall–Kier alpha value is -2.18. The number of hydrogen-bond donors (Lipinski definition) is 2. The molecule has 0 aliphatic carbocycles. The van der Waals surface area contributed by atoms with E-state index in [1.54, 1.807) is 24.3 Å². The van der Waals surface area contributed by atoms with Crippen molar-refractivity contribution in [3.8, 4) is 0 Å². The molecule has 1 fully saturated rings.